The zero-order valence-electron chi connectivity index (χ0n) is 11.5. The number of likely N-dealkylation sites (N-methyl/N-ethyl adjacent to an activating group) is 1. The van der Waals surface area contributed by atoms with Gasteiger partial charge in [0, 0.05) is 10.5 Å². The van der Waals surface area contributed by atoms with Gasteiger partial charge in [-0.2, -0.15) is 0 Å². The Labute approximate surface area is 127 Å². The third kappa shape index (κ3) is 3.58. The van der Waals surface area contributed by atoms with E-state index in [0.29, 0.717) is 0 Å². The number of hydrogen-bond acceptors (Lipinski definition) is 2. The summed E-state index contributed by atoms with van der Waals surface area (Å²) in [6.07, 6.45) is 0.793. The molecule has 0 aliphatic rings. The van der Waals surface area contributed by atoms with Crippen LogP contribution in [-0.2, 0) is 6.42 Å². The first kappa shape index (κ1) is 15.0. The van der Waals surface area contributed by atoms with Crippen molar-refractivity contribution < 1.29 is 9.13 Å². The highest BCUT2D eigenvalue weighted by Gasteiger charge is 2.13. The van der Waals surface area contributed by atoms with Gasteiger partial charge in [0.2, 0.25) is 0 Å². The standard InChI is InChI=1S/C16H17BrFNO/c1-19-15(9-11-4-3-5-13(17)8-11)12-6-7-16(20-2)14(18)10-12/h3-8,10,15,19H,9H2,1-2H3. The average molecular weight is 338 g/mol. The quantitative estimate of drug-likeness (QED) is 0.886. The van der Waals surface area contributed by atoms with Gasteiger partial charge in [-0.1, -0.05) is 34.1 Å². The molecule has 0 saturated carbocycles. The number of ether oxygens (including phenoxy) is 1. The number of rotatable bonds is 5. The first-order chi connectivity index (χ1) is 9.63. The molecule has 0 amide bonds. The fraction of sp³-hybridized carbons (Fsp3) is 0.250. The molecule has 20 heavy (non-hydrogen) atoms. The van der Waals surface area contributed by atoms with Gasteiger partial charge in [0.15, 0.2) is 11.6 Å². The number of methoxy groups -OCH3 is 1. The van der Waals surface area contributed by atoms with E-state index in [4.69, 9.17) is 4.74 Å². The van der Waals surface area contributed by atoms with Crippen molar-refractivity contribution in [1.82, 2.24) is 5.32 Å². The molecule has 0 saturated heterocycles. The van der Waals surface area contributed by atoms with E-state index in [9.17, 15) is 4.39 Å². The van der Waals surface area contributed by atoms with Crippen LogP contribution in [0.2, 0.25) is 0 Å². The van der Waals surface area contributed by atoms with Crippen molar-refractivity contribution in [2.45, 2.75) is 12.5 Å². The highest BCUT2D eigenvalue weighted by Crippen LogP contribution is 2.24. The fourth-order valence-electron chi connectivity index (χ4n) is 2.19. The molecular weight excluding hydrogens is 321 g/mol. The normalized spacial score (nSPS) is 12.2. The van der Waals surface area contributed by atoms with E-state index in [2.05, 4.69) is 33.4 Å². The Hall–Kier alpha value is -1.39. The van der Waals surface area contributed by atoms with Crippen LogP contribution >= 0.6 is 15.9 Å². The number of hydrogen-bond donors (Lipinski definition) is 1. The molecule has 0 spiro atoms. The van der Waals surface area contributed by atoms with Gasteiger partial charge in [0.05, 0.1) is 7.11 Å². The van der Waals surface area contributed by atoms with E-state index in [1.165, 1.54) is 18.7 Å². The summed E-state index contributed by atoms with van der Waals surface area (Å²) in [6, 6.07) is 13.3. The van der Waals surface area contributed by atoms with Crippen molar-refractivity contribution in [1.29, 1.82) is 0 Å². The van der Waals surface area contributed by atoms with Crippen LogP contribution < -0.4 is 10.1 Å². The Morgan fingerprint density at radius 1 is 1.25 bits per heavy atom. The van der Waals surface area contributed by atoms with E-state index < -0.39 is 0 Å². The minimum Gasteiger partial charge on any atom is -0.494 e. The maximum Gasteiger partial charge on any atom is 0.165 e. The summed E-state index contributed by atoms with van der Waals surface area (Å²) in [5.41, 5.74) is 2.10. The molecule has 0 bridgehead atoms. The Kier molecular flexibility index (Phi) is 5.15. The maximum atomic E-state index is 13.8. The van der Waals surface area contributed by atoms with Gasteiger partial charge in [-0.15, -0.1) is 0 Å². The average Bonchev–Trinajstić information content (AvgIpc) is 2.44. The van der Waals surface area contributed by atoms with Crippen molar-refractivity contribution in [3.63, 3.8) is 0 Å². The van der Waals surface area contributed by atoms with E-state index >= 15 is 0 Å². The first-order valence-electron chi connectivity index (χ1n) is 6.39. The lowest BCUT2D eigenvalue weighted by Crippen LogP contribution is -2.19. The molecule has 2 aromatic rings. The summed E-state index contributed by atoms with van der Waals surface area (Å²) >= 11 is 3.46. The van der Waals surface area contributed by atoms with Crippen LogP contribution in [0.4, 0.5) is 4.39 Å². The smallest absolute Gasteiger partial charge is 0.165 e. The second-order valence-electron chi connectivity index (χ2n) is 4.57. The van der Waals surface area contributed by atoms with Crippen LogP contribution in [0.5, 0.6) is 5.75 Å². The molecule has 2 nitrogen and oxygen atoms in total. The molecular formula is C16H17BrFNO. The molecule has 1 N–H and O–H groups in total. The van der Waals surface area contributed by atoms with Gasteiger partial charge < -0.3 is 10.1 Å². The lowest BCUT2D eigenvalue weighted by Gasteiger charge is -2.17. The molecule has 106 valence electrons. The van der Waals surface area contributed by atoms with Crippen LogP contribution in [0.3, 0.4) is 0 Å². The minimum atomic E-state index is -0.334. The first-order valence-corrected chi connectivity index (χ1v) is 7.18. The van der Waals surface area contributed by atoms with Crippen LogP contribution in [0, 0.1) is 5.82 Å². The lowest BCUT2D eigenvalue weighted by molar-refractivity contribution is 0.385. The molecule has 4 heteroatoms. The topological polar surface area (TPSA) is 21.3 Å². The molecule has 1 atom stereocenters. The summed E-state index contributed by atoms with van der Waals surface area (Å²) in [7, 11) is 3.35. The summed E-state index contributed by atoms with van der Waals surface area (Å²) in [5.74, 6) is -0.0643. The zero-order chi connectivity index (χ0) is 14.5. The lowest BCUT2D eigenvalue weighted by atomic mass is 9.99. The Balaban J connectivity index is 2.22. The molecule has 1 unspecified atom stereocenters. The number of benzene rings is 2. The molecule has 0 heterocycles. The second-order valence-corrected chi connectivity index (χ2v) is 5.48. The summed E-state index contributed by atoms with van der Waals surface area (Å²) in [4.78, 5) is 0. The van der Waals surface area contributed by atoms with E-state index in [-0.39, 0.29) is 17.6 Å². The maximum absolute atomic E-state index is 13.8. The van der Waals surface area contributed by atoms with E-state index in [0.717, 1.165) is 16.5 Å². The van der Waals surface area contributed by atoms with Gasteiger partial charge >= 0.3 is 0 Å². The Bertz CT molecular complexity index is 588. The summed E-state index contributed by atoms with van der Waals surface area (Å²) < 4.78 is 19.8. The van der Waals surface area contributed by atoms with Gasteiger partial charge in [-0.05, 0) is 48.9 Å². The van der Waals surface area contributed by atoms with Gasteiger partial charge in [0.1, 0.15) is 0 Å². The largest absolute Gasteiger partial charge is 0.494 e. The summed E-state index contributed by atoms with van der Waals surface area (Å²) in [6.45, 7) is 0. The predicted molar refractivity (Wildman–Crippen MR) is 82.6 cm³/mol. The minimum absolute atomic E-state index is 0.0599. The van der Waals surface area contributed by atoms with Crippen molar-refractivity contribution in [3.05, 3.63) is 63.9 Å². The fourth-order valence-corrected chi connectivity index (χ4v) is 2.63. The van der Waals surface area contributed by atoms with Gasteiger partial charge in [-0.3, -0.25) is 0 Å². The van der Waals surface area contributed by atoms with E-state index in [1.54, 1.807) is 6.07 Å². The number of halogens is 2. The monoisotopic (exact) mass is 337 g/mol. The SMILES string of the molecule is CNC(Cc1cccc(Br)c1)c1ccc(OC)c(F)c1. The number of nitrogens with one attached hydrogen (secondary N) is 1. The Morgan fingerprint density at radius 3 is 2.65 bits per heavy atom. The second kappa shape index (κ2) is 6.86. The summed E-state index contributed by atoms with van der Waals surface area (Å²) in [5, 5.41) is 3.23. The highest BCUT2D eigenvalue weighted by molar-refractivity contribution is 9.10. The van der Waals surface area contributed by atoms with Crippen molar-refractivity contribution in [2.24, 2.45) is 0 Å². The highest BCUT2D eigenvalue weighted by atomic mass is 79.9. The third-order valence-corrected chi connectivity index (χ3v) is 3.75. The molecule has 0 fully saturated rings. The predicted octanol–water partition coefficient (Wildman–Crippen LogP) is 4.10. The molecule has 0 aromatic heterocycles. The van der Waals surface area contributed by atoms with Crippen LogP contribution in [-0.4, -0.2) is 14.2 Å². The molecule has 0 radical (unpaired) electrons. The van der Waals surface area contributed by atoms with Crippen LogP contribution in [0.1, 0.15) is 17.2 Å². The van der Waals surface area contributed by atoms with Crippen molar-refractivity contribution in [2.75, 3.05) is 14.2 Å². The molecule has 2 aromatic carbocycles. The molecule has 0 aliphatic heterocycles. The Morgan fingerprint density at radius 2 is 2.05 bits per heavy atom. The van der Waals surface area contributed by atoms with Crippen LogP contribution in [0.25, 0.3) is 0 Å². The van der Waals surface area contributed by atoms with Gasteiger partial charge in [0.25, 0.3) is 0 Å². The van der Waals surface area contributed by atoms with Crippen molar-refractivity contribution in [3.8, 4) is 5.75 Å². The van der Waals surface area contributed by atoms with Crippen molar-refractivity contribution >= 4 is 15.9 Å². The zero-order valence-corrected chi connectivity index (χ0v) is 13.1. The molecule has 2 rings (SSSR count). The molecule has 0 aliphatic carbocycles. The van der Waals surface area contributed by atoms with Crippen LogP contribution in [0.15, 0.2) is 46.9 Å². The van der Waals surface area contributed by atoms with Gasteiger partial charge in [-0.25, -0.2) is 4.39 Å². The third-order valence-electron chi connectivity index (χ3n) is 3.26. The van der Waals surface area contributed by atoms with E-state index in [1.807, 2.05) is 25.2 Å².